The summed E-state index contributed by atoms with van der Waals surface area (Å²) in [7, 11) is 0. The number of aliphatic hydroxyl groups excluding tert-OH is 7. The number of rotatable bonds is 12. The van der Waals surface area contributed by atoms with Gasteiger partial charge in [-0.3, -0.25) is 28.3 Å². The van der Waals surface area contributed by atoms with Crippen LogP contribution in [0.2, 0.25) is 0 Å². The van der Waals surface area contributed by atoms with Crippen molar-refractivity contribution in [3.05, 3.63) is 110 Å². The molecule has 0 bridgehead atoms. The zero-order valence-corrected chi connectivity index (χ0v) is 42.6. The quantitative estimate of drug-likeness (QED) is 0.0207. The zero-order chi connectivity index (χ0) is 63.8. The molecular formula is C45H55F5N14O19. The molecule has 9 rings (SSSR count). The van der Waals surface area contributed by atoms with Gasteiger partial charge in [0, 0.05) is 41.8 Å². The Kier molecular flexibility index (Phi) is 18.0. The fourth-order valence-electron chi connectivity index (χ4n) is 8.88. The maximum atomic E-state index is 14.4. The first kappa shape index (κ1) is 61.5. The molecule has 16 atom stereocenters. The highest BCUT2D eigenvalue weighted by Gasteiger charge is 2.67. The van der Waals surface area contributed by atoms with Crippen molar-refractivity contribution in [2.75, 3.05) is 57.7 Å². The van der Waals surface area contributed by atoms with E-state index < -0.39 is 164 Å². The third-order valence-corrected chi connectivity index (χ3v) is 13.5. The smallest absolute Gasteiger partial charge is 0.351 e. The maximum absolute atomic E-state index is 14.4. The zero-order valence-electron chi connectivity index (χ0n) is 44.6. The molecule has 5 aliphatic rings. The van der Waals surface area contributed by atoms with Crippen molar-refractivity contribution in [2.45, 2.75) is 102 Å². The van der Waals surface area contributed by atoms with Crippen molar-refractivity contribution in [1.82, 2.24) is 43.9 Å². The van der Waals surface area contributed by atoms with Gasteiger partial charge in [-0.05, 0) is 24.6 Å². The molecule has 0 aromatic carbocycles. The summed E-state index contributed by atoms with van der Waals surface area (Å²) in [5, 5.41) is 113. The van der Waals surface area contributed by atoms with E-state index in [-0.39, 0.29) is 11.6 Å². The Labute approximate surface area is 463 Å². The van der Waals surface area contributed by atoms with E-state index in [9.17, 15) is 87.1 Å². The molecule has 0 saturated carbocycles. The molecule has 0 radical (unpaired) electrons. The number of ether oxygens (including phenoxy) is 4. The molecule has 454 valence electrons. The summed E-state index contributed by atoms with van der Waals surface area (Å²) in [6.45, 7) is -5.43. The number of halogens is 5. The van der Waals surface area contributed by atoms with Crippen LogP contribution in [0.25, 0.3) is 21.6 Å². The van der Waals surface area contributed by atoms with Crippen molar-refractivity contribution < 1.29 is 105 Å². The van der Waals surface area contributed by atoms with Crippen molar-refractivity contribution in [3.63, 3.8) is 0 Å². The molecule has 0 unspecified atom stereocenters. The summed E-state index contributed by atoms with van der Waals surface area (Å²) in [5.74, 6) is -5.05. The van der Waals surface area contributed by atoms with Gasteiger partial charge in [0.2, 0.25) is 5.60 Å². The van der Waals surface area contributed by atoms with E-state index >= 15 is 0 Å². The van der Waals surface area contributed by atoms with Gasteiger partial charge in [-0.2, -0.15) is 4.98 Å². The average Bonchev–Trinajstić information content (AvgIpc) is 2.18. The molecule has 1 amide bonds. The number of aliphatic hydroxyl groups is 11. The van der Waals surface area contributed by atoms with Crippen molar-refractivity contribution >= 4 is 28.6 Å². The standard InChI is InChI=1S/C13H17FN4O4.C11H14F2N2O5.C11H11FN2O6.C10H13FN6O4/c1-12(21)10(20)13(4-14,5-19)22-11(12)18-6-17-8-7(15)2-3-16-9(8)18;1-6-14-7(17)2-3-15(6)9-10(19,4-12)8(18)11(13,5-16)20-9;1-2-10(19)7(17)11(12,5-15)20-8(10)14-4-3-6(16)13-9(14)18;11-6-7(19)10(4-18,3-14-16-13)21-8(6)17-2-1-5(12)15-9(17)20/h2-3,6,10-11,19-21H,4-5H2,1H3,(H2,15,16);2-3,8-9,16,18-19H,1,4-5H2,(H,14,17);1,3-4,7-8,15,17,19H,5H2,(H,13,16,18);1-2,6-8,18-19H,3-4H2,(H2,12,15,20)/t10-,11+,12+,13+;8-,9+,10+,11+;7-,8+,10+,11+;6-,7+,8-,10-/m0001/s1/i;;;4D2. The lowest BCUT2D eigenvalue weighted by molar-refractivity contribution is -0.210. The number of H-pyrrole nitrogens is 1. The van der Waals surface area contributed by atoms with Gasteiger partial charge in [0.05, 0.1) is 34.5 Å². The number of hydrogen-bond donors (Lipinski definition) is 15. The highest BCUT2D eigenvalue weighted by Crippen LogP contribution is 2.47. The molecule has 5 aliphatic heterocycles. The number of hydrogen-bond acceptors (Lipinski definition) is 26. The van der Waals surface area contributed by atoms with E-state index in [4.69, 9.17) is 55.3 Å². The van der Waals surface area contributed by atoms with Gasteiger partial charge in [0.15, 0.2) is 60.1 Å². The summed E-state index contributed by atoms with van der Waals surface area (Å²) in [4.78, 5) is 62.2. The first-order valence-corrected chi connectivity index (χ1v) is 23.6. The molecule has 38 heteroatoms. The van der Waals surface area contributed by atoms with E-state index in [2.05, 4.69) is 36.9 Å². The summed E-state index contributed by atoms with van der Waals surface area (Å²) < 4.78 is 106. The van der Waals surface area contributed by atoms with Gasteiger partial charge in [-0.15, -0.1) is 6.42 Å². The number of pyridine rings is 1. The highest BCUT2D eigenvalue weighted by molar-refractivity contribution is 5.89. The molecule has 4 fully saturated rings. The number of carbonyl (C=O) groups excluding carboxylic acids is 1. The molecule has 9 heterocycles. The van der Waals surface area contributed by atoms with E-state index in [1.165, 1.54) is 30.1 Å². The second-order valence-electron chi connectivity index (χ2n) is 18.9. The Balaban J connectivity index is 0.000000182. The number of amides is 1. The Hall–Kier alpha value is -7.55. The Morgan fingerprint density at radius 3 is 2.06 bits per heavy atom. The predicted octanol–water partition coefficient (Wildman–Crippen LogP) is -5.62. The van der Waals surface area contributed by atoms with Crippen molar-refractivity contribution in [3.8, 4) is 12.3 Å². The van der Waals surface area contributed by atoms with Gasteiger partial charge in [0.1, 0.15) is 67.1 Å². The number of alkyl halides is 5. The SMILES string of the molecule is C#C[C@]1(O)[C@H](n2ccc(=O)[nH]c2=O)O[C@](F)(CO)[C@H]1O.C=C1NC(=O)C=CN1[C@@H]1O[C@](F)(CO)[C@@H](O)[C@]1(O)CF.C[C@@]1(O)[C@H](O)[C@](CO)(CF)O[C@H]1n1cnc2c(N)ccnc21.[2H]C([2H])(O)[C@@]1(CN=[N+]=[N-])O[C@@H](n2ccc(N)nc2=O)[C@H](F)[C@@H]1O. The minimum atomic E-state index is -3.26. The predicted molar refractivity (Wildman–Crippen MR) is 265 cm³/mol. The van der Waals surface area contributed by atoms with E-state index in [1.54, 1.807) is 12.0 Å². The van der Waals surface area contributed by atoms with Gasteiger partial charge < -0.3 is 96.8 Å². The fourth-order valence-corrected chi connectivity index (χ4v) is 8.88. The van der Waals surface area contributed by atoms with Crippen LogP contribution in [0.4, 0.5) is 33.5 Å². The Morgan fingerprint density at radius 2 is 1.52 bits per heavy atom. The monoisotopic (exact) mass is 1190 g/mol. The van der Waals surface area contributed by atoms with Crippen LogP contribution >= 0.6 is 0 Å². The van der Waals surface area contributed by atoms with Gasteiger partial charge in [-0.25, -0.2) is 41.5 Å². The van der Waals surface area contributed by atoms with E-state index in [1.807, 2.05) is 4.98 Å². The molecule has 4 aromatic heterocycles. The number of nitrogens with zero attached hydrogens (tertiary/aromatic N) is 10. The topological polar surface area (TPSA) is 513 Å². The minimum Gasteiger partial charge on any atom is -0.397 e. The average molecular weight is 1190 g/mol. The highest BCUT2D eigenvalue weighted by atomic mass is 19.2. The van der Waals surface area contributed by atoms with Crippen LogP contribution in [0.3, 0.4) is 0 Å². The van der Waals surface area contributed by atoms with Gasteiger partial charge in [-0.1, -0.05) is 17.6 Å². The molecule has 4 aromatic rings. The van der Waals surface area contributed by atoms with Crippen LogP contribution in [0.15, 0.2) is 87.3 Å². The lowest BCUT2D eigenvalue weighted by Gasteiger charge is -2.37. The first-order chi connectivity index (χ1) is 39.6. The van der Waals surface area contributed by atoms with Gasteiger partial charge in [0.25, 0.3) is 23.2 Å². The number of anilines is 2. The van der Waals surface area contributed by atoms with Crippen LogP contribution in [0, 0.1) is 12.3 Å². The number of azide groups is 1. The minimum absolute atomic E-state index is 0.0937. The number of imidazole rings is 1. The first-order valence-electron chi connectivity index (χ1n) is 24.6. The lowest BCUT2D eigenvalue weighted by Crippen LogP contribution is -2.57. The molecule has 0 spiro atoms. The number of nitrogens with one attached hydrogen (secondary N) is 2. The molecule has 83 heavy (non-hydrogen) atoms. The molecular weight excluding hydrogens is 1140 g/mol. The Bertz CT molecular complexity index is 3440. The van der Waals surface area contributed by atoms with Crippen molar-refractivity contribution in [2.24, 2.45) is 5.11 Å². The maximum Gasteiger partial charge on any atom is 0.351 e. The number of aromatic amines is 1. The second-order valence-corrected chi connectivity index (χ2v) is 18.9. The summed E-state index contributed by atoms with van der Waals surface area (Å²) >= 11 is 0. The number of terminal acetylenes is 1. The summed E-state index contributed by atoms with van der Waals surface area (Å²) in [5.41, 5.74) is 6.28. The Morgan fingerprint density at radius 1 is 0.880 bits per heavy atom. The third kappa shape index (κ3) is 11.5. The van der Waals surface area contributed by atoms with E-state index in [0.717, 1.165) is 35.6 Å². The molecule has 4 saturated heterocycles. The number of aromatic nitrogens is 7. The summed E-state index contributed by atoms with van der Waals surface area (Å²) in [6, 6.07) is 3.66. The molecule has 17 N–H and O–H groups in total. The van der Waals surface area contributed by atoms with Crippen LogP contribution in [-0.4, -0.2) is 223 Å². The number of carbonyl (C=O) groups is 1. The fraction of sp³-hybridized carbons (Fsp3) is 0.533. The summed E-state index contributed by atoms with van der Waals surface area (Å²) in [6.07, 6.45) is -5.25. The molecule has 0 aliphatic carbocycles. The normalized spacial score (nSPS) is 36.7. The van der Waals surface area contributed by atoms with Crippen LogP contribution in [0.5, 0.6) is 0 Å². The third-order valence-electron chi connectivity index (χ3n) is 13.5. The largest absolute Gasteiger partial charge is 0.397 e. The number of fused-ring (bicyclic) bond motifs is 1. The molecule has 33 nitrogen and oxygen atoms in total. The van der Waals surface area contributed by atoms with Crippen molar-refractivity contribution in [1.29, 1.82) is 0 Å². The van der Waals surface area contributed by atoms with Gasteiger partial charge >= 0.3 is 11.4 Å². The van der Waals surface area contributed by atoms with Crippen LogP contribution in [-0.2, 0) is 23.7 Å². The second kappa shape index (κ2) is 24.3. The number of nitrogens with two attached hydrogens (primary N) is 2. The van der Waals surface area contributed by atoms with Crippen LogP contribution in [0.1, 0.15) is 28.3 Å². The lowest BCUT2D eigenvalue weighted by atomic mass is 9.88. The van der Waals surface area contributed by atoms with Crippen LogP contribution < -0.4 is 33.7 Å². The number of nitrogen functional groups attached to an aromatic ring is 2. The van der Waals surface area contributed by atoms with E-state index in [0.29, 0.717) is 26.0 Å².